The van der Waals surface area contributed by atoms with Crippen molar-refractivity contribution in [3.63, 3.8) is 0 Å². The molecule has 4 atom stereocenters. The largest absolute Gasteiger partial charge is 0.368 e. The first kappa shape index (κ1) is 37.4. The molecule has 3 aromatic rings. The van der Waals surface area contributed by atoms with Crippen LogP contribution < -0.4 is 27.0 Å². The molecule has 0 aromatic heterocycles. The van der Waals surface area contributed by atoms with Gasteiger partial charge >= 0.3 is 0 Å². The first-order valence-corrected chi connectivity index (χ1v) is 16.4. The van der Waals surface area contributed by atoms with Gasteiger partial charge in [-0.3, -0.25) is 28.8 Å². The minimum atomic E-state index is -1.19. The van der Waals surface area contributed by atoms with Gasteiger partial charge in [0.2, 0.25) is 29.4 Å². The fraction of sp³-hybridized carbons (Fsp3) is 0.405. The molecule has 0 heterocycles. The van der Waals surface area contributed by atoms with E-state index < -0.39 is 60.0 Å². The quantitative estimate of drug-likeness (QED) is 0.131. The van der Waals surface area contributed by atoms with Crippen molar-refractivity contribution in [3.05, 3.63) is 83.9 Å². The number of carbonyl (C=O) groups excluding carboxylic acids is 6. The van der Waals surface area contributed by atoms with Crippen molar-refractivity contribution in [2.45, 2.75) is 77.9 Å². The zero-order valence-corrected chi connectivity index (χ0v) is 28.1. The van der Waals surface area contributed by atoms with Crippen LogP contribution in [-0.2, 0) is 41.6 Å². The summed E-state index contributed by atoms with van der Waals surface area (Å²) >= 11 is 0. The lowest BCUT2D eigenvalue weighted by Gasteiger charge is -2.26. The minimum absolute atomic E-state index is 0.0867. The summed E-state index contributed by atoms with van der Waals surface area (Å²) < 4.78 is 0. The molecular weight excluding hydrogens is 610 g/mol. The van der Waals surface area contributed by atoms with E-state index in [1.165, 1.54) is 0 Å². The van der Waals surface area contributed by atoms with Crippen molar-refractivity contribution in [2.24, 2.45) is 17.6 Å². The van der Waals surface area contributed by atoms with Crippen LogP contribution in [0.2, 0.25) is 0 Å². The average molecular weight is 658 g/mol. The van der Waals surface area contributed by atoms with Gasteiger partial charge in [-0.2, -0.15) is 0 Å². The highest BCUT2D eigenvalue weighted by Gasteiger charge is 2.33. The van der Waals surface area contributed by atoms with Crippen molar-refractivity contribution >= 4 is 46.1 Å². The maximum atomic E-state index is 13.5. The number of Topliss-reactive ketones (excluding diaryl/α,β-unsaturated/α-hetero) is 1. The third-order valence-electron chi connectivity index (χ3n) is 8.25. The summed E-state index contributed by atoms with van der Waals surface area (Å²) in [5.41, 5.74) is 7.13. The Morgan fingerprint density at radius 3 is 2.00 bits per heavy atom. The summed E-state index contributed by atoms with van der Waals surface area (Å²) in [5, 5.41) is 12.3. The topological polar surface area (TPSA) is 177 Å². The monoisotopic (exact) mass is 657 g/mol. The van der Waals surface area contributed by atoms with Crippen molar-refractivity contribution < 1.29 is 28.8 Å². The predicted octanol–water partition coefficient (Wildman–Crippen LogP) is 2.73. The molecule has 3 rings (SSSR count). The number of primary amides is 1. The van der Waals surface area contributed by atoms with Gasteiger partial charge < -0.3 is 27.0 Å². The summed E-state index contributed by atoms with van der Waals surface area (Å²) in [6, 6.07) is 19.4. The van der Waals surface area contributed by atoms with Crippen LogP contribution in [0, 0.1) is 11.8 Å². The normalized spacial score (nSPS) is 13.5. The second-order valence-corrected chi connectivity index (χ2v) is 12.6. The van der Waals surface area contributed by atoms with E-state index in [0.717, 1.165) is 21.9 Å². The van der Waals surface area contributed by atoms with Crippen LogP contribution in [-0.4, -0.2) is 60.0 Å². The molecule has 11 heteroatoms. The first-order chi connectivity index (χ1) is 22.9. The van der Waals surface area contributed by atoms with Crippen molar-refractivity contribution in [1.29, 1.82) is 0 Å². The standard InChI is InChI=1S/C37H47N5O6/c1-5-24(4)33(42-36(47)29(18-15-23(2)3)40-31(43)21-25-11-7-6-8-12-25)34(45)37(48)39-22-32(44)41-30(35(38)46)20-26-16-17-27-13-9-10-14-28(27)19-26/h6-14,16-17,19,23-24,29-30,33H,5,15,18,20-22H2,1-4H3,(H2,38,46)(H,39,48)(H,40,43)(H,41,44)(H,42,47)/t24-,29-,30-,33?/m0/s1. The van der Waals surface area contributed by atoms with Crippen LogP contribution in [0.1, 0.15) is 58.1 Å². The van der Waals surface area contributed by atoms with Crippen LogP contribution in [0.3, 0.4) is 0 Å². The average Bonchev–Trinajstić information content (AvgIpc) is 3.07. The molecule has 11 nitrogen and oxygen atoms in total. The fourth-order valence-corrected chi connectivity index (χ4v) is 5.21. The van der Waals surface area contributed by atoms with E-state index in [1.807, 2.05) is 93.6 Å². The molecule has 0 spiro atoms. The number of benzene rings is 3. The Bertz CT molecular complexity index is 1590. The van der Waals surface area contributed by atoms with E-state index in [2.05, 4.69) is 21.3 Å². The SMILES string of the molecule is CC[C@H](C)C(NC(=O)[C@H](CCC(C)C)NC(=O)Cc1ccccc1)C(=O)C(=O)NCC(=O)N[C@@H](Cc1ccc2ccccc2c1)C(N)=O. The summed E-state index contributed by atoms with van der Waals surface area (Å²) in [7, 11) is 0. The lowest BCUT2D eigenvalue weighted by molar-refractivity contribution is -0.142. The molecule has 0 fully saturated rings. The zero-order chi connectivity index (χ0) is 35.2. The molecule has 0 radical (unpaired) electrons. The second-order valence-electron chi connectivity index (χ2n) is 12.6. The van der Waals surface area contributed by atoms with Crippen LogP contribution in [0.5, 0.6) is 0 Å². The van der Waals surface area contributed by atoms with Gasteiger partial charge in [-0.05, 0) is 46.6 Å². The van der Waals surface area contributed by atoms with Crippen LogP contribution in [0.4, 0.5) is 0 Å². The molecule has 1 unspecified atom stereocenters. The molecule has 48 heavy (non-hydrogen) atoms. The van der Waals surface area contributed by atoms with Gasteiger partial charge in [0.25, 0.3) is 5.91 Å². The number of rotatable bonds is 18. The number of amides is 5. The Kier molecular flexibility index (Phi) is 14.3. The number of nitrogens with two attached hydrogens (primary N) is 1. The highest BCUT2D eigenvalue weighted by atomic mass is 16.2. The molecular formula is C37H47N5O6. The molecule has 0 saturated heterocycles. The Morgan fingerprint density at radius 1 is 0.708 bits per heavy atom. The van der Waals surface area contributed by atoms with Crippen molar-refractivity contribution in [3.8, 4) is 0 Å². The van der Waals surface area contributed by atoms with E-state index in [4.69, 9.17) is 5.73 Å². The zero-order valence-electron chi connectivity index (χ0n) is 28.1. The Labute approximate surface area is 281 Å². The van der Waals surface area contributed by atoms with Gasteiger partial charge in [-0.25, -0.2) is 0 Å². The van der Waals surface area contributed by atoms with E-state index in [9.17, 15) is 28.8 Å². The number of nitrogens with one attached hydrogen (secondary N) is 4. The predicted molar refractivity (Wildman–Crippen MR) is 184 cm³/mol. The molecule has 0 saturated carbocycles. The molecule has 6 N–H and O–H groups in total. The van der Waals surface area contributed by atoms with Gasteiger partial charge in [0.05, 0.1) is 19.0 Å². The Hall–Kier alpha value is -5.06. The lowest BCUT2D eigenvalue weighted by atomic mass is 9.94. The number of hydrogen-bond acceptors (Lipinski definition) is 6. The van der Waals surface area contributed by atoms with Gasteiger partial charge in [-0.15, -0.1) is 0 Å². The highest BCUT2D eigenvalue weighted by molar-refractivity contribution is 6.38. The molecule has 3 aromatic carbocycles. The van der Waals surface area contributed by atoms with E-state index in [1.54, 1.807) is 6.92 Å². The Balaban J connectivity index is 1.61. The van der Waals surface area contributed by atoms with E-state index in [-0.39, 0.29) is 24.7 Å². The van der Waals surface area contributed by atoms with Crippen molar-refractivity contribution in [2.75, 3.05) is 6.54 Å². The maximum absolute atomic E-state index is 13.5. The summed E-state index contributed by atoms with van der Waals surface area (Å²) in [6.45, 7) is 6.97. The summed E-state index contributed by atoms with van der Waals surface area (Å²) in [6.07, 6.45) is 1.69. The van der Waals surface area contributed by atoms with Gasteiger partial charge in [0.1, 0.15) is 12.1 Å². The number of carbonyl (C=O) groups is 6. The summed E-state index contributed by atoms with van der Waals surface area (Å²) in [5.74, 6) is -4.51. The number of hydrogen-bond donors (Lipinski definition) is 5. The van der Waals surface area contributed by atoms with Gasteiger partial charge in [0.15, 0.2) is 0 Å². The number of fused-ring (bicyclic) bond motifs is 1. The van der Waals surface area contributed by atoms with E-state index >= 15 is 0 Å². The third kappa shape index (κ3) is 11.6. The van der Waals surface area contributed by atoms with Crippen LogP contribution >= 0.6 is 0 Å². The number of ketones is 1. The maximum Gasteiger partial charge on any atom is 0.290 e. The lowest BCUT2D eigenvalue weighted by Crippen LogP contribution is -2.56. The van der Waals surface area contributed by atoms with Gasteiger partial charge in [0, 0.05) is 6.42 Å². The third-order valence-corrected chi connectivity index (χ3v) is 8.25. The molecule has 0 aliphatic carbocycles. The van der Waals surface area contributed by atoms with Gasteiger partial charge in [-0.1, -0.05) is 107 Å². The molecule has 0 bridgehead atoms. The minimum Gasteiger partial charge on any atom is -0.368 e. The molecule has 5 amide bonds. The van der Waals surface area contributed by atoms with Crippen LogP contribution in [0.15, 0.2) is 72.8 Å². The van der Waals surface area contributed by atoms with Crippen LogP contribution in [0.25, 0.3) is 10.8 Å². The fourth-order valence-electron chi connectivity index (χ4n) is 5.21. The second kappa shape index (κ2) is 18.3. The summed E-state index contributed by atoms with van der Waals surface area (Å²) in [4.78, 5) is 77.4. The molecule has 0 aliphatic rings. The molecule has 256 valence electrons. The highest BCUT2D eigenvalue weighted by Crippen LogP contribution is 2.17. The first-order valence-electron chi connectivity index (χ1n) is 16.4. The van der Waals surface area contributed by atoms with Crippen molar-refractivity contribution in [1.82, 2.24) is 21.3 Å². The van der Waals surface area contributed by atoms with E-state index in [0.29, 0.717) is 19.3 Å². The Morgan fingerprint density at radius 2 is 1.35 bits per heavy atom. The molecule has 0 aliphatic heterocycles. The smallest absolute Gasteiger partial charge is 0.290 e.